The zero-order valence-corrected chi connectivity index (χ0v) is 7.15. The molecule has 0 bridgehead atoms. The summed E-state index contributed by atoms with van der Waals surface area (Å²) in [4.78, 5) is 5.67. The molecule has 2 rings (SSSR count). The van der Waals surface area contributed by atoms with E-state index in [-0.39, 0.29) is 0 Å². The lowest BCUT2D eigenvalue weighted by molar-refractivity contribution is 1.14. The SMILES string of the molecule is Sc1nc2c(s1)CSC2. The molecule has 0 fully saturated rings. The molecule has 1 aromatic rings. The van der Waals surface area contributed by atoms with Crippen LogP contribution in [-0.2, 0) is 11.5 Å². The van der Waals surface area contributed by atoms with Gasteiger partial charge in [-0.15, -0.1) is 35.7 Å². The van der Waals surface area contributed by atoms with Gasteiger partial charge in [-0.2, -0.15) is 0 Å². The van der Waals surface area contributed by atoms with E-state index in [9.17, 15) is 0 Å². The maximum atomic E-state index is 4.25. The third-order valence-corrected chi connectivity index (χ3v) is 3.67. The maximum Gasteiger partial charge on any atom is 0.147 e. The number of hydrogen-bond acceptors (Lipinski definition) is 4. The Labute approximate surface area is 67.3 Å². The van der Waals surface area contributed by atoms with Gasteiger partial charge in [0.2, 0.25) is 0 Å². The third kappa shape index (κ3) is 0.993. The Morgan fingerprint density at radius 2 is 2.33 bits per heavy atom. The Hall–Kier alpha value is 0.330. The van der Waals surface area contributed by atoms with Crippen LogP contribution in [0.5, 0.6) is 0 Å². The van der Waals surface area contributed by atoms with Gasteiger partial charge >= 0.3 is 0 Å². The second-order valence-electron chi connectivity index (χ2n) is 1.86. The molecule has 0 aliphatic carbocycles. The lowest BCUT2D eigenvalue weighted by atomic mass is 10.4. The molecule has 0 saturated carbocycles. The summed E-state index contributed by atoms with van der Waals surface area (Å²) in [7, 11) is 0. The number of aromatic nitrogens is 1. The molecule has 1 aliphatic heterocycles. The van der Waals surface area contributed by atoms with E-state index in [1.165, 1.54) is 10.6 Å². The normalized spacial score (nSPS) is 16.1. The zero-order chi connectivity index (χ0) is 6.27. The maximum absolute atomic E-state index is 4.25. The molecule has 0 amide bonds. The average molecular weight is 175 g/mol. The third-order valence-electron chi connectivity index (χ3n) is 1.24. The summed E-state index contributed by atoms with van der Waals surface area (Å²) in [6, 6.07) is 0. The molecular weight excluding hydrogens is 170 g/mol. The number of hydrogen-bond donors (Lipinski definition) is 1. The van der Waals surface area contributed by atoms with E-state index in [1.54, 1.807) is 11.3 Å². The van der Waals surface area contributed by atoms with Gasteiger partial charge in [0.25, 0.3) is 0 Å². The molecule has 0 aromatic carbocycles. The van der Waals surface area contributed by atoms with Crippen molar-refractivity contribution in [2.75, 3.05) is 0 Å². The molecule has 4 heteroatoms. The first kappa shape index (κ1) is 6.07. The molecule has 9 heavy (non-hydrogen) atoms. The van der Waals surface area contributed by atoms with Crippen molar-refractivity contribution in [2.45, 2.75) is 15.8 Å². The quantitative estimate of drug-likeness (QED) is 0.607. The van der Waals surface area contributed by atoms with Gasteiger partial charge in [-0.1, -0.05) is 0 Å². The summed E-state index contributed by atoms with van der Waals surface area (Å²) < 4.78 is 0.917. The average Bonchev–Trinajstić information content (AvgIpc) is 2.22. The van der Waals surface area contributed by atoms with Crippen molar-refractivity contribution < 1.29 is 0 Å². The van der Waals surface area contributed by atoms with E-state index in [1.807, 2.05) is 11.8 Å². The summed E-state index contributed by atoms with van der Waals surface area (Å²) in [6.45, 7) is 0. The van der Waals surface area contributed by atoms with E-state index in [2.05, 4.69) is 17.6 Å². The fourth-order valence-corrected chi connectivity index (χ4v) is 3.36. The summed E-state index contributed by atoms with van der Waals surface area (Å²) in [5.41, 5.74) is 1.26. The van der Waals surface area contributed by atoms with Crippen molar-refractivity contribution in [3.8, 4) is 0 Å². The van der Waals surface area contributed by atoms with Gasteiger partial charge < -0.3 is 0 Å². The highest BCUT2D eigenvalue weighted by Crippen LogP contribution is 2.34. The van der Waals surface area contributed by atoms with Crippen LogP contribution in [0.2, 0.25) is 0 Å². The number of rotatable bonds is 0. The van der Waals surface area contributed by atoms with Crippen LogP contribution in [0.3, 0.4) is 0 Å². The van der Waals surface area contributed by atoms with Crippen LogP contribution >= 0.6 is 35.7 Å². The smallest absolute Gasteiger partial charge is 0.147 e. The molecule has 48 valence electrons. The first-order chi connectivity index (χ1) is 4.36. The Balaban J connectivity index is 2.51. The van der Waals surface area contributed by atoms with Gasteiger partial charge in [0.05, 0.1) is 5.69 Å². The Morgan fingerprint density at radius 1 is 1.44 bits per heavy atom. The number of thioether (sulfide) groups is 1. The van der Waals surface area contributed by atoms with E-state index in [0.717, 1.165) is 15.8 Å². The first-order valence-electron chi connectivity index (χ1n) is 2.61. The van der Waals surface area contributed by atoms with Crippen LogP contribution in [-0.4, -0.2) is 4.98 Å². The Morgan fingerprint density at radius 3 is 3.11 bits per heavy atom. The van der Waals surface area contributed by atoms with Crippen LogP contribution in [0.15, 0.2) is 4.34 Å². The molecule has 0 radical (unpaired) electrons. The zero-order valence-electron chi connectivity index (χ0n) is 4.63. The van der Waals surface area contributed by atoms with Crippen molar-refractivity contribution in [1.82, 2.24) is 4.98 Å². The molecule has 1 aliphatic rings. The standard InChI is InChI=1S/C5H5NS3/c7-5-6-3-1-8-2-4(3)9-5/h1-2H2,(H,6,7). The van der Waals surface area contributed by atoms with Crippen LogP contribution in [0.1, 0.15) is 10.6 Å². The predicted octanol–water partition coefficient (Wildman–Crippen LogP) is 2.18. The van der Waals surface area contributed by atoms with Crippen LogP contribution in [0, 0.1) is 0 Å². The summed E-state index contributed by atoms with van der Waals surface area (Å²) >= 11 is 7.80. The minimum atomic E-state index is 0.917. The monoisotopic (exact) mass is 175 g/mol. The summed E-state index contributed by atoms with van der Waals surface area (Å²) in [5.74, 6) is 2.24. The van der Waals surface area contributed by atoms with Gasteiger partial charge in [0, 0.05) is 16.4 Å². The molecular formula is C5H5NS3. The number of fused-ring (bicyclic) bond motifs is 1. The minimum absolute atomic E-state index is 0.917. The predicted molar refractivity (Wildman–Crippen MR) is 44.4 cm³/mol. The van der Waals surface area contributed by atoms with Crippen LogP contribution < -0.4 is 0 Å². The second kappa shape index (κ2) is 2.18. The molecule has 0 unspecified atom stereocenters. The van der Waals surface area contributed by atoms with Crippen LogP contribution in [0.25, 0.3) is 0 Å². The van der Waals surface area contributed by atoms with Gasteiger partial charge in [-0.25, -0.2) is 4.98 Å². The van der Waals surface area contributed by atoms with E-state index < -0.39 is 0 Å². The lowest BCUT2D eigenvalue weighted by Gasteiger charge is -1.80. The van der Waals surface area contributed by atoms with Gasteiger partial charge in [-0.05, 0) is 0 Å². The molecule has 0 saturated heterocycles. The van der Waals surface area contributed by atoms with Crippen molar-refractivity contribution in [3.63, 3.8) is 0 Å². The Kier molecular flexibility index (Phi) is 1.47. The van der Waals surface area contributed by atoms with E-state index >= 15 is 0 Å². The fourth-order valence-electron chi connectivity index (χ4n) is 0.836. The molecule has 2 heterocycles. The van der Waals surface area contributed by atoms with Gasteiger partial charge in [0.15, 0.2) is 0 Å². The van der Waals surface area contributed by atoms with Crippen molar-refractivity contribution >= 4 is 35.7 Å². The number of thiazole rings is 1. The van der Waals surface area contributed by atoms with Gasteiger partial charge in [0.1, 0.15) is 4.34 Å². The Bertz CT molecular complexity index is 209. The number of nitrogens with zero attached hydrogens (tertiary/aromatic N) is 1. The molecule has 1 nitrogen and oxygen atoms in total. The first-order valence-corrected chi connectivity index (χ1v) is 5.03. The highest BCUT2D eigenvalue weighted by atomic mass is 32.2. The second-order valence-corrected chi connectivity index (χ2v) is 4.65. The molecule has 1 aromatic heterocycles. The summed E-state index contributed by atoms with van der Waals surface area (Å²) in [5, 5.41) is 0. The number of thiol groups is 1. The topological polar surface area (TPSA) is 12.9 Å². The highest BCUT2D eigenvalue weighted by molar-refractivity contribution is 7.98. The lowest BCUT2D eigenvalue weighted by Crippen LogP contribution is -1.73. The molecule has 0 atom stereocenters. The van der Waals surface area contributed by atoms with E-state index in [0.29, 0.717) is 0 Å². The van der Waals surface area contributed by atoms with Crippen molar-refractivity contribution in [3.05, 3.63) is 10.6 Å². The van der Waals surface area contributed by atoms with Crippen molar-refractivity contribution in [2.24, 2.45) is 0 Å². The van der Waals surface area contributed by atoms with E-state index in [4.69, 9.17) is 0 Å². The minimum Gasteiger partial charge on any atom is -0.234 e. The fraction of sp³-hybridized carbons (Fsp3) is 0.400. The largest absolute Gasteiger partial charge is 0.234 e. The molecule has 0 N–H and O–H groups in total. The van der Waals surface area contributed by atoms with Crippen molar-refractivity contribution in [1.29, 1.82) is 0 Å². The highest BCUT2D eigenvalue weighted by Gasteiger charge is 2.14. The molecule has 0 spiro atoms. The summed E-state index contributed by atoms with van der Waals surface area (Å²) in [6.07, 6.45) is 0. The van der Waals surface area contributed by atoms with Gasteiger partial charge in [-0.3, -0.25) is 0 Å². The van der Waals surface area contributed by atoms with Crippen LogP contribution in [0.4, 0.5) is 0 Å².